The number of aromatic nitrogens is 3. The fourth-order valence-electron chi connectivity index (χ4n) is 3.18. The van der Waals surface area contributed by atoms with Crippen molar-refractivity contribution in [2.75, 3.05) is 6.61 Å². The number of nitrogens with zero attached hydrogens (tertiary/aromatic N) is 4. The Hall–Kier alpha value is -4.52. The first kappa shape index (κ1) is 26.1. The summed E-state index contributed by atoms with van der Waals surface area (Å²) in [6.45, 7) is 2.06. The lowest BCUT2D eigenvalue weighted by atomic mass is 9.98. The van der Waals surface area contributed by atoms with Gasteiger partial charge < -0.3 is 4.74 Å². The first-order valence-corrected chi connectivity index (χ1v) is 10.7. The van der Waals surface area contributed by atoms with E-state index in [0.717, 1.165) is 28.6 Å². The Kier molecular flexibility index (Phi) is 8.89. The van der Waals surface area contributed by atoms with Gasteiger partial charge in [0, 0.05) is 17.8 Å². The standard InChI is InChI=1S/C20H12F2N4.C6H8F2O2/c21-19(22)17-8-9-26-18(12-24-20(26)25-17)14-6-3-5-13(10-14)16-7-2-1-4-15(16)11-23;1-2-10-4-3-5(9)6(7)8/h1-10,12,19H;3-4,6H,2H2,1H3. The molecule has 4 rings (SSSR count). The van der Waals surface area contributed by atoms with E-state index in [9.17, 15) is 27.6 Å². The quantitative estimate of drug-likeness (QED) is 0.172. The normalized spacial score (nSPS) is 10.9. The van der Waals surface area contributed by atoms with Crippen molar-refractivity contribution in [2.24, 2.45) is 0 Å². The molecule has 184 valence electrons. The van der Waals surface area contributed by atoms with Gasteiger partial charge in [0.1, 0.15) is 5.69 Å². The number of ketones is 1. The summed E-state index contributed by atoms with van der Waals surface area (Å²) in [6, 6.07) is 18.5. The lowest BCUT2D eigenvalue weighted by molar-refractivity contribution is -0.124. The Bertz CT molecular complexity index is 1410. The maximum Gasteiger partial charge on any atom is 0.300 e. The molecular weight excluding hydrogens is 476 g/mol. The van der Waals surface area contributed by atoms with Gasteiger partial charge in [-0.25, -0.2) is 27.5 Å². The number of hydrogen-bond acceptors (Lipinski definition) is 5. The van der Waals surface area contributed by atoms with Crippen molar-refractivity contribution >= 4 is 11.6 Å². The van der Waals surface area contributed by atoms with E-state index >= 15 is 0 Å². The number of halogens is 4. The number of hydrogen-bond donors (Lipinski definition) is 0. The van der Waals surface area contributed by atoms with E-state index in [1.165, 1.54) is 6.07 Å². The van der Waals surface area contributed by atoms with Crippen molar-refractivity contribution in [1.82, 2.24) is 14.4 Å². The largest absolute Gasteiger partial charge is 0.501 e. The molecule has 0 radical (unpaired) electrons. The first-order chi connectivity index (χ1) is 17.3. The minimum Gasteiger partial charge on any atom is -0.501 e. The summed E-state index contributed by atoms with van der Waals surface area (Å²) < 4.78 is 54.6. The van der Waals surface area contributed by atoms with Crippen molar-refractivity contribution < 1.29 is 27.1 Å². The lowest BCUT2D eigenvalue weighted by Crippen LogP contribution is -2.05. The number of imidazole rings is 1. The average Bonchev–Trinajstić information content (AvgIpc) is 3.32. The molecule has 0 N–H and O–H groups in total. The third-order valence-electron chi connectivity index (χ3n) is 4.85. The minimum atomic E-state index is -2.93. The molecule has 6 nitrogen and oxygen atoms in total. The molecule has 0 bridgehead atoms. The second-order valence-electron chi connectivity index (χ2n) is 7.17. The van der Waals surface area contributed by atoms with Crippen LogP contribution in [0.15, 0.2) is 79.3 Å². The number of rotatable bonds is 7. The van der Waals surface area contributed by atoms with Crippen LogP contribution in [0.2, 0.25) is 0 Å². The molecule has 2 aromatic heterocycles. The molecule has 0 fully saturated rings. The number of nitriles is 1. The number of alkyl halides is 4. The number of benzene rings is 2. The van der Waals surface area contributed by atoms with Crippen LogP contribution in [-0.4, -0.2) is 33.2 Å². The Labute approximate surface area is 204 Å². The topological polar surface area (TPSA) is 80.3 Å². The lowest BCUT2D eigenvalue weighted by Gasteiger charge is -2.07. The highest BCUT2D eigenvalue weighted by molar-refractivity contribution is 5.92. The Morgan fingerprint density at radius 2 is 1.86 bits per heavy atom. The van der Waals surface area contributed by atoms with Crippen LogP contribution in [0.4, 0.5) is 17.6 Å². The van der Waals surface area contributed by atoms with Crippen LogP contribution in [0.25, 0.3) is 28.2 Å². The predicted molar refractivity (Wildman–Crippen MR) is 125 cm³/mol. The Balaban J connectivity index is 0.000000308. The van der Waals surface area contributed by atoms with E-state index in [-0.39, 0.29) is 11.5 Å². The van der Waals surface area contributed by atoms with Gasteiger partial charge in [0.15, 0.2) is 0 Å². The van der Waals surface area contributed by atoms with Crippen molar-refractivity contribution in [3.05, 3.63) is 90.6 Å². The van der Waals surface area contributed by atoms with Crippen molar-refractivity contribution in [1.29, 1.82) is 5.26 Å². The number of carbonyl (C=O) groups excluding carboxylic acids is 1. The van der Waals surface area contributed by atoms with E-state index < -0.39 is 18.6 Å². The van der Waals surface area contributed by atoms with Gasteiger partial charge in [-0.05, 0) is 36.2 Å². The molecule has 10 heteroatoms. The number of fused-ring (bicyclic) bond motifs is 1. The van der Waals surface area contributed by atoms with Gasteiger partial charge in [-0.3, -0.25) is 9.20 Å². The van der Waals surface area contributed by atoms with Crippen LogP contribution >= 0.6 is 0 Å². The van der Waals surface area contributed by atoms with Crippen LogP contribution in [0.3, 0.4) is 0 Å². The Morgan fingerprint density at radius 1 is 1.11 bits per heavy atom. The van der Waals surface area contributed by atoms with Crippen LogP contribution in [0.1, 0.15) is 24.6 Å². The van der Waals surface area contributed by atoms with E-state index in [1.54, 1.807) is 29.8 Å². The monoisotopic (exact) mass is 496 g/mol. The summed E-state index contributed by atoms with van der Waals surface area (Å²) in [4.78, 5) is 18.1. The number of ether oxygens (including phenoxy) is 1. The molecule has 2 heterocycles. The van der Waals surface area contributed by atoms with Crippen LogP contribution < -0.4 is 0 Å². The summed E-state index contributed by atoms with van der Waals surface area (Å²) in [5.41, 5.74) is 3.62. The molecule has 0 aliphatic rings. The second kappa shape index (κ2) is 12.3. The maximum atomic E-state index is 12.8. The highest BCUT2D eigenvalue weighted by atomic mass is 19.3. The fourth-order valence-corrected chi connectivity index (χ4v) is 3.18. The summed E-state index contributed by atoms with van der Waals surface area (Å²) in [5.74, 6) is -1.01. The molecule has 0 unspecified atom stereocenters. The van der Waals surface area contributed by atoms with Crippen LogP contribution in [0, 0.1) is 11.3 Å². The Morgan fingerprint density at radius 3 is 2.56 bits per heavy atom. The average molecular weight is 496 g/mol. The molecule has 0 saturated heterocycles. The van der Waals surface area contributed by atoms with E-state index in [2.05, 4.69) is 20.8 Å². The minimum absolute atomic E-state index is 0.223. The van der Waals surface area contributed by atoms with Gasteiger partial charge in [-0.1, -0.05) is 36.4 Å². The van der Waals surface area contributed by atoms with Gasteiger partial charge in [0.25, 0.3) is 12.9 Å². The SMILES string of the molecule is CCOC=CC(=O)C(F)F.N#Cc1ccccc1-c1cccc(-c2cnc3nc(C(F)F)ccn23)c1. The number of carbonyl (C=O) groups is 1. The summed E-state index contributed by atoms with van der Waals surface area (Å²) >= 11 is 0. The van der Waals surface area contributed by atoms with E-state index in [4.69, 9.17) is 0 Å². The molecule has 36 heavy (non-hydrogen) atoms. The van der Waals surface area contributed by atoms with E-state index in [0.29, 0.717) is 18.2 Å². The second-order valence-corrected chi connectivity index (χ2v) is 7.17. The van der Waals surface area contributed by atoms with Crippen molar-refractivity contribution in [3.8, 4) is 28.5 Å². The molecule has 4 aromatic rings. The van der Waals surface area contributed by atoms with Crippen molar-refractivity contribution in [3.63, 3.8) is 0 Å². The van der Waals surface area contributed by atoms with E-state index in [1.807, 2.05) is 42.5 Å². The highest BCUT2D eigenvalue weighted by Gasteiger charge is 2.14. The molecule has 0 spiro atoms. The molecule has 0 aliphatic carbocycles. The predicted octanol–water partition coefficient (Wildman–Crippen LogP) is 6.24. The van der Waals surface area contributed by atoms with Gasteiger partial charge in [0.05, 0.1) is 36.4 Å². The molecule has 0 amide bonds. The zero-order valence-corrected chi connectivity index (χ0v) is 19.0. The molecule has 0 saturated carbocycles. The molecule has 0 atom stereocenters. The maximum absolute atomic E-state index is 12.8. The van der Waals surface area contributed by atoms with Gasteiger partial charge in [0.2, 0.25) is 11.6 Å². The van der Waals surface area contributed by atoms with Crippen molar-refractivity contribution in [2.45, 2.75) is 19.8 Å². The van der Waals surface area contributed by atoms with Gasteiger partial charge in [-0.15, -0.1) is 0 Å². The smallest absolute Gasteiger partial charge is 0.300 e. The van der Waals surface area contributed by atoms with Gasteiger partial charge >= 0.3 is 0 Å². The van der Waals surface area contributed by atoms with Crippen LogP contribution in [-0.2, 0) is 9.53 Å². The zero-order valence-electron chi connectivity index (χ0n) is 19.0. The fraction of sp³-hybridized carbons (Fsp3) is 0.154. The zero-order chi connectivity index (χ0) is 26.1. The summed E-state index contributed by atoms with van der Waals surface area (Å²) in [5, 5.41) is 9.31. The molecule has 2 aromatic carbocycles. The third kappa shape index (κ3) is 6.33. The highest BCUT2D eigenvalue weighted by Crippen LogP contribution is 2.29. The molecule has 0 aliphatic heterocycles. The van der Waals surface area contributed by atoms with Gasteiger partial charge in [-0.2, -0.15) is 5.26 Å². The third-order valence-corrected chi connectivity index (χ3v) is 4.85. The summed E-state index contributed by atoms with van der Waals surface area (Å²) in [7, 11) is 0. The molecular formula is C26H20F4N4O2. The summed E-state index contributed by atoms with van der Waals surface area (Å²) in [6.07, 6.45) is -0.736. The number of allylic oxidation sites excluding steroid dienone is 1. The first-order valence-electron chi connectivity index (χ1n) is 10.7. The van der Waals surface area contributed by atoms with Crippen LogP contribution in [0.5, 0.6) is 0 Å².